The van der Waals surface area contributed by atoms with Crippen LogP contribution in [0.25, 0.3) is 22.6 Å². The first kappa shape index (κ1) is 15.0. The number of ether oxygens (including phenoxy) is 1. The Hall–Kier alpha value is -2.54. The van der Waals surface area contributed by atoms with Crippen LogP contribution >= 0.6 is 0 Å². The summed E-state index contributed by atoms with van der Waals surface area (Å²) in [7, 11) is 0. The standard InChI is InChI=1S/C17H16F2N4O/c1-10-20-15-9-14(11-2-3-12(18)13(19)8-11)22-16(15)17(21-10)23-4-6-24-7-5-23/h2-3,8-9H,4-7H2,1H3,(H,20,21). The molecule has 0 amide bonds. The smallest absolute Gasteiger partial charge is 0.159 e. The summed E-state index contributed by atoms with van der Waals surface area (Å²) in [5.74, 6) is -0.189. The van der Waals surface area contributed by atoms with Crippen LogP contribution < -0.4 is 4.90 Å². The van der Waals surface area contributed by atoms with Crippen molar-refractivity contribution in [2.24, 2.45) is 0 Å². The molecule has 1 fully saturated rings. The number of benzene rings is 1. The Balaban J connectivity index is 1.81. The Bertz CT molecular complexity index is 858. The van der Waals surface area contributed by atoms with Crippen molar-refractivity contribution in [1.82, 2.24) is 15.0 Å². The number of morpholine rings is 1. The first-order chi connectivity index (χ1) is 11.6. The fourth-order valence-electron chi connectivity index (χ4n) is 2.92. The van der Waals surface area contributed by atoms with E-state index in [4.69, 9.17) is 4.74 Å². The maximum absolute atomic E-state index is 13.5. The summed E-state index contributed by atoms with van der Waals surface area (Å²) in [6.07, 6.45) is 0. The topological polar surface area (TPSA) is 54.0 Å². The molecule has 0 aliphatic carbocycles. The zero-order valence-electron chi connectivity index (χ0n) is 13.1. The molecule has 1 saturated heterocycles. The number of nitrogens with one attached hydrogen (secondary N) is 1. The van der Waals surface area contributed by atoms with Crippen LogP contribution in [0.15, 0.2) is 24.3 Å². The van der Waals surface area contributed by atoms with E-state index in [1.54, 1.807) is 0 Å². The summed E-state index contributed by atoms with van der Waals surface area (Å²) in [6, 6.07) is 5.63. The van der Waals surface area contributed by atoms with Crippen molar-refractivity contribution in [1.29, 1.82) is 0 Å². The molecule has 4 rings (SSSR count). The maximum atomic E-state index is 13.5. The number of aryl methyl sites for hydroxylation is 1. The molecule has 0 bridgehead atoms. The third-order valence-electron chi connectivity index (χ3n) is 4.10. The Morgan fingerprint density at radius 3 is 2.62 bits per heavy atom. The Kier molecular flexibility index (Phi) is 3.65. The van der Waals surface area contributed by atoms with Crippen LogP contribution in [0.1, 0.15) is 5.82 Å². The fourth-order valence-corrected chi connectivity index (χ4v) is 2.92. The van der Waals surface area contributed by atoms with Crippen molar-refractivity contribution < 1.29 is 13.5 Å². The molecule has 24 heavy (non-hydrogen) atoms. The van der Waals surface area contributed by atoms with Crippen LogP contribution in [-0.4, -0.2) is 41.3 Å². The molecule has 1 aromatic rings. The van der Waals surface area contributed by atoms with Gasteiger partial charge < -0.3 is 14.6 Å². The van der Waals surface area contributed by atoms with Crippen molar-refractivity contribution in [2.75, 3.05) is 31.2 Å². The van der Waals surface area contributed by atoms with Gasteiger partial charge in [0, 0.05) is 18.7 Å². The predicted molar refractivity (Wildman–Crippen MR) is 86.1 cm³/mol. The molecule has 7 heteroatoms. The third-order valence-corrected chi connectivity index (χ3v) is 4.10. The number of hydrogen-bond acceptors (Lipinski definition) is 4. The van der Waals surface area contributed by atoms with E-state index in [1.165, 1.54) is 6.07 Å². The van der Waals surface area contributed by atoms with Gasteiger partial charge in [0.15, 0.2) is 17.5 Å². The summed E-state index contributed by atoms with van der Waals surface area (Å²) < 4.78 is 32.0. The molecular formula is C17H16F2N4O. The van der Waals surface area contributed by atoms with Gasteiger partial charge in [-0.1, -0.05) is 0 Å². The molecule has 0 aromatic heterocycles. The van der Waals surface area contributed by atoms with Gasteiger partial charge in [-0.05, 0) is 31.2 Å². The van der Waals surface area contributed by atoms with E-state index in [0.29, 0.717) is 24.5 Å². The second-order valence-electron chi connectivity index (χ2n) is 5.78. The highest BCUT2D eigenvalue weighted by atomic mass is 19.2. The summed E-state index contributed by atoms with van der Waals surface area (Å²) >= 11 is 0. The lowest BCUT2D eigenvalue weighted by molar-refractivity contribution is 0.122. The molecule has 124 valence electrons. The molecule has 1 N–H and O–H groups in total. The first-order valence-electron chi connectivity index (χ1n) is 7.77. The lowest BCUT2D eigenvalue weighted by atomic mass is 10.1. The molecule has 0 spiro atoms. The van der Waals surface area contributed by atoms with Crippen molar-refractivity contribution in [3.8, 4) is 22.6 Å². The van der Waals surface area contributed by atoms with Crippen LogP contribution in [-0.2, 0) is 4.74 Å². The molecule has 3 heterocycles. The molecule has 3 aliphatic heterocycles. The first-order valence-corrected chi connectivity index (χ1v) is 7.77. The molecule has 0 atom stereocenters. The molecule has 0 saturated carbocycles. The lowest BCUT2D eigenvalue weighted by Crippen LogP contribution is -2.37. The number of halogens is 2. The maximum Gasteiger partial charge on any atom is 0.159 e. The van der Waals surface area contributed by atoms with Crippen LogP contribution in [0.2, 0.25) is 0 Å². The van der Waals surface area contributed by atoms with Gasteiger partial charge in [-0.3, -0.25) is 0 Å². The molecule has 3 aliphatic rings. The zero-order chi connectivity index (χ0) is 16.7. The highest BCUT2D eigenvalue weighted by molar-refractivity contribution is 5.78. The fraction of sp³-hybridized carbons (Fsp3) is 0.294. The summed E-state index contributed by atoms with van der Waals surface area (Å²) in [6.45, 7) is 4.68. The molecular weight excluding hydrogens is 314 g/mol. The molecule has 0 unspecified atom stereocenters. The summed E-state index contributed by atoms with van der Waals surface area (Å²) in [4.78, 5) is 14.5. The highest BCUT2D eigenvalue weighted by Gasteiger charge is 2.23. The average Bonchev–Trinajstić information content (AvgIpc) is 3.01. The van der Waals surface area contributed by atoms with E-state index in [9.17, 15) is 8.78 Å². The predicted octanol–water partition coefficient (Wildman–Crippen LogP) is 3.00. The average molecular weight is 330 g/mol. The number of anilines is 1. The van der Waals surface area contributed by atoms with E-state index >= 15 is 0 Å². The van der Waals surface area contributed by atoms with E-state index in [-0.39, 0.29) is 0 Å². The van der Waals surface area contributed by atoms with Gasteiger partial charge in [0.1, 0.15) is 11.5 Å². The van der Waals surface area contributed by atoms with E-state index in [0.717, 1.165) is 48.3 Å². The van der Waals surface area contributed by atoms with Crippen LogP contribution in [0, 0.1) is 18.6 Å². The number of fused-ring (bicyclic) bond motifs is 1. The molecule has 1 aromatic carbocycles. The minimum Gasteiger partial charge on any atom is -0.378 e. The van der Waals surface area contributed by atoms with Gasteiger partial charge in [-0.25, -0.2) is 18.7 Å². The monoisotopic (exact) mass is 330 g/mol. The van der Waals surface area contributed by atoms with Crippen LogP contribution in [0.4, 0.5) is 14.6 Å². The number of aromatic amines is 1. The molecule has 5 nitrogen and oxygen atoms in total. The van der Waals surface area contributed by atoms with Crippen LogP contribution in [0.5, 0.6) is 0 Å². The van der Waals surface area contributed by atoms with Crippen molar-refractivity contribution in [2.45, 2.75) is 6.92 Å². The summed E-state index contributed by atoms with van der Waals surface area (Å²) in [5, 5.41) is 0. The van der Waals surface area contributed by atoms with E-state index in [2.05, 4.69) is 19.9 Å². The van der Waals surface area contributed by atoms with E-state index < -0.39 is 11.6 Å². The largest absolute Gasteiger partial charge is 0.378 e. The zero-order valence-corrected chi connectivity index (χ0v) is 13.1. The number of rotatable bonds is 2. The number of hydrogen-bond donors (Lipinski definition) is 1. The second-order valence-corrected chi connectivity index (χ2v) is 5.78. The third kappa shape index (κ3) is 2.60. The van der Waals surface area contributed by atoms with Crippen molar-refractivity contribution >= 4 is 5.82 Å². The Labute approximate surface area is 137 Å². The minimum absolute atomic E-state index is 0.532. The van der Waals surface area contributed by atoms with Gasteiger partial charge in [-0.15, -0.1) is 0 Å². The lowest BCUT2D eigenvalue weighted by Gasteiger charge is -2.29. The quantitative estimate of drug-likeness (QED) is 0.785. The SMILES string of the molecule is Cc1nc(N2CCOCC2)c2nc(-c3ccc(F)c(F)c3)cc-2[nH]1. The van der Waals surface area contributed by atoms with Crippen molar-refractivity contribution in [3.63, 3.8) is 0 Å². The Morgan fingerprint density at radius 1 is 1.08 bits per heavy atom. The van der Waals surface area contributed by atoms with Gasteiger partial charge in [0.05, 0.1) is 24.6 Å². The number of aromatic nitrogens is 3. The van der Waals surface area contributed by atoms with Gasteiger partial charge in [0.25, 0.3) is 0 Å². The normalized spacial score (nSPS) is 15.2. The highest BCUT2D eigenvalue weighted by Crippen LogP contribution is 2.34. The van der Waals surface area contributed by atoms with Gasteiger partial charge in [0.2, 0.25) is 0 Å². The minimum atomic E-state index is -0.883. The Morgan fingerprint density at radius 2 is 1.88 bits per heavy atom. The second kappa shape index (κ2) is 5.83. The van der Waals surface area contributed by atoms with Gasteiger partial charge >= 0.3 is 0 Å². The van der Waals surface area contributed by atoms with E-state index in [1.807, 2.05) is 13.0 Å². The van der Waals surface area contributed by atoms with Gasteiger partial charge in [-0.2, -0.15) is 0 Å². The van der Waals surface area contributed by atoms with Crippen molar-refractivity contribution in [3.05, 3.63) is 41.7 Å². The van der Waals surface area contributed by atoms with Crippen LogP contribution in [0.3, 0.4) is 0 Å². The summed E-state index contributed by atoms with van der Waals surface area (Å²) in [5.41, 5.74) is 2.66. The molecule has 0 radical (unpaired) electrons. The number of H-pyrrole nitrogens is 1. The number of nitrogens with zero attached hydrogens (tertiary/aromatic N) is 3.